The van der Waals surface area contributed by atoms with Crippen molar-refractivity contribution >= 4 is 15.9 Å². The van der Waals surface area contributed by atoms with E-state index in [1.54, 1.807) is 0 Å². The Hall–Kier alpha value is -0.910. The summed E-state index contributed by atoms with van der Waals surface area (Å²) in [4.78, 5) is 3.56. The minimum absolute atomic E-state index is 0.0446. The van der Waals surface area contributed by atoms with Gasteiger partial charge in [-0.1, -0.05) is 0 Å². The van der Waals surface area contributed by atoms with Crippen molar-refractivity contribution in [2.24, 2.45) is 0 Å². The molecule has 3 nitrogen and oxygen atoms in total. The van der Waals surface area contributed by atoms with Crippen LogP contribution >= 0.6 is 15.9 Å². The second kappa shape index (κ2) is 4.54. The molecule has 0 atom stereocenters. The van der Waals surface area contributed by atoms with Gasteiger partial charge >= 0.3 is 0 Å². The summed E-state index contributed by atoms with van der Waals surface area (Å²) in [6.45, 7) is 0. The summed E-state index contributed by atoms with van der Waals surface area (Å²) in [5, 5.41) is 0. The standard InChI is InChI=1S/C8H8BrF2NO2/c1-13-6-4(9)3-12-5(8(10)11)7(6)14-2/h3,8H,1-2H3. The molecule has 0 aromatic carbocycles. The molecule has 0 aliphatic heterocycles. The van der Waals surface area contributed by atoms with Gasteiger partial charge in [-0.25, -0.2) is 13.8 Å². The Morgan fingerprint density at radius 3 is 2.29 bits per heavy atom. The Morgan fingerprint density at radius 1 is 1.29 bits per heavy atom. The Bertz CT molecular complexity index is 333. The molecular formula is C8H8BrF2NO2. The number of hydrogen-bond acceptors (Lipinski definition) is 3. The van der Waals surface area contributed by atoms with Crippen LogP contribution in [0.25, 0.3) is 0 Å². The number of rotatable bonds is 3. The quantitative estimate of drug-likeness (QED) is 0.844. The third-order valence-electron chi connectivity index (χ3n) is 1.59. The number of ether oxygens (including phenoxy) is 2. The number of halogens is 3. The first kappa shape index (κ1) is 11.2. The summed E-state index contributed by atoms with van der Waals surface area (Å²) >= 11 is 3.12. The van der Waals surface area contributed by atoms with Crippen molar-refractivity contribution < 1.29 is 18.3 Å². The minimum Gasteiger partial charge on any atom is -0.492 e. The van der Waals surface area contributed by atoms with E-state index in [-0.39, 0.29) is 11.5 Å². The SMILES string of the molecule is COc1c(Br)cnc(C(F)F)c1OC. The summed E-state index contributed by atoms with van der Waals surface area (Å²) < 4.78 is 35.1. The number of aromatic nitrogens is 1. The zero-order valence-corrected chi connectivity index (χ0v) is 9.14. The molecule has 0 saturated carbocycles. The topological polar surface area (TPSA) is 31.4 Å². The molecule has 0 aliphatic carbocycles. The number of pyridine rings is 1. The predicted molar refractivity (Wildman–Crippen MR) is 50.0 cm³/mol. The Balaban J connectivity index is 3.33. The van der Waals surface area contributed by atoms with E-state index in [0.717, 1.165) is 0 Å². The summed E-state index contributed by atoms with van der Waals surface area (Å²) in [5.41, 5.74) is -0.424. The van der Waals surface area contributed by atoms with Gasteiger partial charge in [0.15, 0.2) is 17.2 Å². The van der Waals surface area contributed by atoms with Crippen LogP contribution in [0.15, 0.2) is 10.7 Å². The number of methoxy groups -OCH3 is 2. The summed E-state index contributed by atoms with van der Waals surface area (Å²) in [6.07, 6.45) is -1.44. The van der Waals surface area contributed by atoms with Gasteiger partial charge in [-0.3, -0.25) is 0 Å². The normalized spacial score (nSPS) is 10.4. The highest BCUT2D eigenvalue weighted by atomic mass is 79.9. The first-order chi connectivity index (χ1) is 6.61. The zero-order valence-electron chi connectivity index (χ0n) is 7.55. The van der Waals surface area contributed by atoms with E-state index >= 15 is 0 Å². The van der Waals surface area contributed by atoms with Crippen molar-refractivity contribution in [3.8, 4) is 11.5 Å². The van der Waals surface area contributed by atoms with Crippen LogP contribution in [0.2, 0.25) is 0 Å². The number of nitrogens with zero attached hydrogens (tertiary/aromatic N) is 1. The fourth-order valence-electron chi connectivity index (χ4n) is 1.01. The first-order valence-corrected chi connectivity index (χ1v) is 4.45. The molecule has 0 radical (unpaired) electrons. The first-order valence-electron chi connectivity index (χ1n) is 3.66. The van der Waals surface area contributed by atoms with Crippen molar-refractivity contribution in [1.82, 2.24) is 4.98 Å². The minimum atomic E-state index is -2.69. The van der Waals surface area contributed by atoms with Crippen LogP contribution < -0.4 is 9.47 Å². The van der Waals surface area contributed by atoms with E-state index < -0.39 is 12.1 Å². The van der Waals surface area contributed by atoms with E-state index in [1.165, 1.54) is 20.4 Å². The molecule has 6 heteroatoms. The average Bonchev–Trinajstić information content (AvgIpc) is 2.16. The van der Waals surface area contributed by atoms with Crippen molar-refractivity contribution in [3.05, 3.63) is 16.4 Å². The van der Waals surface area contributed by atoms with Gasteiger partial charge < -0.3 is 9.47 Å². The Kier molecular flexibility index (Phi) is 3.62. The highest BCUT2D eigenvalue weighted by Gasteiger charge is 2.21. The van der Waals surface area contributed by atoms with Crippen molar-refractivity contribution in [2.75, 3.05) is 14.2 Å². The van der Waals surface area contributed by atoms with Gasteiger partial charge in [-0.15, -0.1) is 0 Å². The smallest absolute Gasteiger partial charge is 0.284 e. The fourth-order valence-corrected chi connectivity index (χ4v) is 1.46. The molecule has 0 unspecified atom stereocenters. The molecule has 0 aliphatic rings. The van der Waals surface area contributed by atoms with Crippen molar-refractivity contribution in [3.63, 3.8) is 0 Å². The molecular weight excluding hydrogens is 260 g/mol. The van der Waals surface area contributed by atoms with E-state index in [1.807, 2.05) is 0 Å². The maximum absolute atomic E-state index is 12.4. The molecule has 0 fully saturated rings. The number of alkyl halides is 2. The van der Waals surface area contributed by atoms with Crippen LogP contribution in [0.5, 0.6) is 11.5 Å². The van der Waals surface area contributed by atoms with Gasteiger partial charge in [0, 0.05) is 6.20 Å². The second-order valence-electron chi connectivity index (χ2n) is 2.36. The van der Waals surface area contributed by atoms with E-state index in [2.05, 4.69) is 20.9 Å². The summed E-state index contributed by atoms with van der Waals surface area (Å²) in [6, 6.07) is 0. The van der Waals surface area contributed by atoms with Gasteiger partial charge in [-0.05, 0) is 15.9 Å². The van der Waals surface area contributed by atoms with Gasteiger partial charge in [0.2, 0.25) is 0 Å². The van der Waals surface area contributed by atoms with Crippen LogP contribution in [0.1, 0.15) is 12.1 Å². The van der Waals surface area contributed by atoms with Gasteiger partial charge in [0.25, 0.3) is 6.43 Å². The van der Waals surface area contributed by atoms with Crippen molar-refractivity contribution in [2.45, 2.75) is 6.43 Å². The maximum Gasteiger partial charge on any atom is 0.284 e. The Morgan fingerprint density at radius 2 is 1.86 bits per heavy atom. The van der Waals surface area contributed by atoms with Gasteiger partial charge in [0.05, 0.1) is 18.7 Å². The molecule has 1 rings (SSSR count). The van der Waals surface area contributed by atoms with Crippen LogP contribution in [-0.2, 0) is 0 Å². The van der Waals surface area contributed by atoms with E-state index in [0.29, 0.717) is 4.47 Å². The third kappa shape index (κ3) is 1.95. The van der Waals surface area contributed by atoms with Crippen LogP contribution in [0, 0.1) is 0 Å². The third-order valence-corrected chi connectivity index (χ3v) is 2.15. The molecule has 0 amide bonds. The van der Waals surface area contributed by atoms with E-state index in [9.17, 15) is 8.78 Å². The second-order valence-corrected chi connectivity index (χ2v) is 3.21. The molecule has 0 bridgehead atoms. The lowest BCUT2D eigenvalue weighted by Gasteiger charge is -2.12. The molecule has 0 spiro atoms. The highest BCUT2D eigenvalue weighted by molar-refractivity contribution is 9.10. The zero-order chi connectivity index (χ0) is 10.7. The van der Waals surface area contributed by atoms with Gasteiger partial charge in [0.1, 0.15) is 0 Å². The molecule has 1 aromatic heterocycles. The lowest BCUT2D eigenvalue weighted by Crippen LogP contribution is -2.00. The average molecular weight is 268 g/mol. The molecule has 1 aromatic rings. The predicted octanol–water partition coefficient (Wildman–Crippen LogP) is 2.80. The fraction of sp³-hybridized carbons (Fsp3) is 0.375. The Labute approximate surface area is 88.2 Å². The van der Waals surface area contributed by atoms with Crippen LogP contribution in [-0.4, -0.2) is 19.2 Å². The molecule has 0 N–H and O–H groups in total. The monoisotopic (exact) mass is 267 g/mol. The lowest BCUT2D eigenvalue weighted by molar-refractivity contribution is 0.140. The lowest BCUT2D eigenvalue weighted by atomic mass is 10.3. The molecule has 14 heavy (non-hydrogen) atoms. The largest absolute Gasteiger partial charge is 0.492 e. The number of hydrogen-bond donors (Lipinski definition) is 0. The molecule has 1 heterocycles. The molecule has 78 valence electrons. The molecule has 0 saturated heterocycles. The highest BCUT2D eigenvalue weighted by Crippen LogP contribution is 2.39. The van der Waals surface area contributed by atoms with Gasteiger partial charge in [-0.2, -0.15) is 0 Å². The maximum atomic E-state index is 12.4. The summed E-state index contributed by atoms with van der Waals surface area (Å²) in [7, 11) is 2.66. The van der Waals surface area contributed by atoms with Crippen LogP contribution in [0.4, 0.5) is 8.78 Å². The van der Waals surface area contributed by atoms with Crippen LogP contribution in [0.3, 0.4) is 0 Å². The van der Waals surface area contributed by atoms with E-state index in [4.69, 9.17) is 9.47 Å². The summed E-state index contributed by atoms with van der Waals surface area (Å²) in [5.74, 6) is 0.176. The van der Waals surface area contributed by atoms with Crippen molar-refractivity contribution in [1.29, 1.82) is 0 Å².